The highest BCUT2D eigenvalue weighted by Gasteiger charge is 2.27. The number of hydrogen-bond acceptors (Lipinski definition) is 3. The van der Waals surface area contributed by atoms with Gasteiger partial charge in [0.2, 0.25) is 0 Å². The third-order valence-corrected chi connectivity index (χ3v) is 2.65. The molecule has 0 saturated carbocycles. The van der Waals surface area contributed by atoms with E-state index in [1.165, 1.54) is 0 Å². The lowest BCUT2D eigenvalue weighted by Gasteiger charge is -2.16. The van der Waals surface area contributed by atoms with Crippen LogP contribution in [0.4, 0.5) is 13.2 Å². The molecule has 0 saturated heterocycles. The van der Waals surface area contributed by atoms with E-state index in [4.69, 9.17) is 4.42 Å². The summed E-state index contributed by atoms with van der Waals surface area (Å²) in [4.78, 5) is 1.61. The summed E-state index contributed by atoms with van der Waals surface area (Å²) < 4.78 is 41.8. The first-order valence-corrected chi connectivity index (χ1v) is 6.44. The van der Waals surface area contributed by atoms with Gasteiger partial charge >= 0.3 is 6.18 Å². The van der Waals surface area contributed by atoms with Gasteiger partial charge in [-0.15, -0.1) is 0 Å². The number of nitrogens with one attached hydrogen (secondary N) is 1. The van der Waals surface area contributed by atoms with Crippen LogP contribution in [0.2, 0.25) is 0 Å². The zero-order valence-electron chi connectivity index (χ0n) is 11.4. The molecular weight excluding hydrogens is 257 g/mol. The Morgan fingerprint density at radius 1 is 1.26 bits per heavy atom. The van der Waals surface area contributed by atoms with Crippen molar-refractivity contribution in [2.24, 2.45) is 0 Å². The molecule has 0 radical (unpaired) electrons. The minimum absolute atomic E-state index is 0.0202. The predicted octanol–water partition coefficient (Wildman–Crippen LogP) is 3.16. The Hall–Kier alpha value is -1.01. The molecule has 1 heterocycles. The summed E-state index contributed by atoms with van der Waals surface area (Å²) in [7, 11) is 1.66. The molecule has 6 heteroatoms. The molecular formula is C13H21F3N2O. The van der Waals surface area contributed by atoms with Crippen molar-refractivity contribution in [1.82, 2.24) is 10.2 Å². The lowest BCUT2D eigenvalue weighted by Crippen LogP contribution is -2.23. The zero-order chi connectivity index (χ0) is 14.3. The molecule has 1 aromatic heterocycles. The van der Waals surface area contributed by atoms with E-state index in [9.17, 15) is 13.2 Å². The van der Waals surface area contributed by atoms with Crippen molar-refractivity contribution in [3.8, 4) is 0 Å². The van der Waals surface area contributed by atoms with Gasteiger partial charge < -0.3 is 9.73 Å². The van der Waals surface area contributed by atoms with E-state index >= 15 is 0 Å². The van der Waals surface area contributed by atoms with Gasteiger partial charge in [-0.2, -0.15) is 13.2 Å². The molecule has 0 amide bonds. The largest absolute Gasteiger partial charge is 0.463 e. The second kappa shape index (κ2) is 7.55. The summed E-state index contributed by atoms with van der Waals surface area (Å²) in [6.45, 7) is 4.02. The summed E-state index contributed by atoms with van der Waals surface area (Å²) >= 11 is 0. The lowest BCUT2D eigenvalue weighted by molar-refractivity contribution is -0.137. The maximum atomic E-state index is 12.1. The van der Waals surface area contributed by atoms with Crippen molar-refractivity contribution in [2.45, 2.75) is 39.0 Å². The molecule has 0 bridgehead atoms. The number of alkyl halides is 3. The summed E-state index contributed by atoms with van der Waals surface area (Å²) in [5.74, 6) is 1.51. The topological polar surface area (TPSA) is 28.4 Å². The van der Waals surface area contributed by atoms with Crippen molar-refractivity contribution in [1.29, 1.82) is 0 Å². The Morgan fingerprint density at radius 3 is 2.58 bits per heavy atom. The first-order valence-electron chi connectivity index (χ1n) is 6.44. The highest BCUT2D eigenvalue weighted by atomic mass is 19.4. The number of hydrogen-bond donors (Lipinski definition) is 1. The molecule has 0 atom stereocenters. The van der Waals surface area contributed by atoms with Crippen molar-refractivity contribution in [3.63, 3.8) is 0 Å². The van der Waals surface area contributed by atoms with Crippen molar-refractivity contribution >= 4 is 0 Å². The molecule has 0 aliphatic heterocycles. The van der Waals surface area contributed by atoms with Gasteiger partial charge in [-0.3, -0.25) is 4.90 Å². The summed E-state index contributed by atoms with van der Waals surface area (Å²) in [6.07, 6.45) is -3.85. The second-order valence-corrected chi connectivity index (χ2v) is 4.65. The highest BCUT2D eigenvalue weighted by Crippen LogP contribution is 2.20. The molecule has 0 unspecified atom stereocenters. The van der Waals surface area contributed by atoms with E-state index in [2.05, 4.69) is 12.2 Å². The lowest BCUT2D eigenvalue weighted by atomic mass is 10.3. The van der Waals surface area contributed by atoms with Crippen molar-refractivity contribution in [3.05, 3.63) is 23.7 Å². The van der Waals surface area contributed by atoms with Gasteiger partial charge in [-0.05, 0) is 32.1 Å². The van der Waals surface area contributed by atoms with E-state index in [1.54, 1.807) is 11.9 Å². The molecule has 1 aromatic rings. The SMILES string of the molecule is CCCNCc1ccc(CN(C)CCC(F)(F)F)o1. The van der Waals surface area contributed by atoms with Crippen LogP contribution in [0.3, 0.4) is 0 Å². The number of halogens is 3. The predicted molar refractivity (Wildman–Crippen MR) is 67.7 cm³/mol. The van der Waals surface area contributed by atoms with Gasteiger partial charge in [0.25, 0.3) is 0 Å². The molecule has 1 N–H and O–H groups in total. The quantitative estimate of drug-likeness (QED) is 0.740. The summed E-state index contributed by atoms with van der Waals surface area (Å²) in [5, 5.41) is 3.21. The Balaban J connectivity index is 2.32. The first kappa shape index (κ1) is 16.0. The molecule has 0 aromatic carbocycles. The average Bonchev–Trinajstić information content (AvgIpc) is 2.74. The fourth-order valence-corrected chi connectivity index (χ4v) is 1.65. The number of furan rings is 1. The molecule has 1 rings (SSSR count). The third kappa shape index (κ3) is 7.22. The van der Waals surface area contributed by atoms with Crippen LogP contribution in [0.1, 0.15) is 31.3 Å². The van der Waals surface area contributed by atoms with Gasteiger partial charge in [0.15, 0.2) is 0 Å². The van der Waals surface area contributed by atoms with Gasteiger partial charge in [-0.1, -0.05) is 6.92 Å². The second-order valence-electron chi connectivity index (χ2n) is 4.65. The Kier molecular flexibility index (Phi) is 6.37. The molecule has 19 heavy (non-hydrogen) atoms. The van der Waals surface area contributed by atoms with Gasteiger partial charge in [-0.25, -0.2) is 0 Å². The molecule has 110 valence electrons. The van der Waals surface area contributed by atoms with Crippen LogP contribution in [0.15, 0.2) is 16.5 Å². The highest BCUT2D eigenvalue weighted by molar-refractivity contribution is 5.06. The first-order chi connectivity index (χ1) is 8.90. The standard InChI is InChI=1S/C13H21F3N2O/c1-3-7-17-9-11-4-5-12(19-11)10-18(2)8-6-13(14,15)16/h4-5,17H,3,6-10H2,1-2H3. The Labute approximate surface area is 111 Å². The fourth-order valence-electron chi connectivity index (χ4n) is 1.65. The van der Waals surface area contributed by atoms with Crippen LogP contribution in [0.25, 0.3) is 0 Å². The van der Waals surface area contributed by atoms with E-state index in [-0.39, 0.29) is 6.54 Å². The molecule has 3 nitrogen and oxygen atoms in total. The van der Waals surface area contributed by atoms with Crippen LogP contribution >= 0.6 is 0 Å². The van der Waals surface area contributed by atoms with Gasteiger partial charge in [0, 0.05) is 6.54 Å². The molecule has 0 aliphatic carbocycles. The minimum Gasteiger partial charge on any atom is -0.463 e. The number of rotatable bonds is 8. The smallest absolute Gasteiger partial charge is 0.390 e. The minimum atomic E-state index is -4.10. The monoisotopic (exact) mass is 278 g/mol. The van der Waals surface area contributed by atoms with Crippen LogP contribution < -0.4 is 5.32 Å². The van der Waals surface area contributed by atoms with Crippen LogP contribution in [0.5, 0.6) is 0 Å². The van der Waals surface area contributed by atoms with Crippen LogP contribution in [-0.4, -0.2) is 31.2 Å². The van der Waals surface area contributed by atoms with Crippen LogP contribution in [-0.2, 0) is 13.1 Å². The van der Waals surface area contributed by atoms with Gasteiger partial charge in [0.05, 0.1) is 19.5 Å². The van der Waals surface area contributed by atoms with E-state index < -0.39 is 12.6 Å². The average molecular weight is 278 g/mol. The molecule has 0 aliphatic rings. The third-order valence-electron chi connectivity index (χ3n) is 2.65. The van der Waals surface area contributed by atoms with Crippen LogP contribution in [0, 0.1) is 0 Å². The maximum Gasteiger partial charge on any atom is 0.390 e. The van der Waals surface area contributed by atoms with E-state index in [0.29, 0.717) is 18.8 Å². The Morgan fingerprint density at radius 2 is 1.95 bits per heavy atom. The zero-order valence-corrected chi connectivity index (χ0v) is 11.4. The number of nitrogens with zero attached hydrogens (tertiary/aromatic N) is 1. The van der Waals surface area contributed by atoms with Gasteiger partial charge in [0.1, 0.15) is 11.5 Å². The maximum absolute atomic E-state index is 12.1. The molecule has 0 fully saturated rings. The fraction of sp³-hybridized carbons (Fsp3) is 0.692. The summed E-state index contributed by atoms with van der Waals surface area (Å²) in [6, 6.07) is 3.67. The van der Waals surface area contributed by atoms with Crippen molar-refractivity contribution < 1.29 is 17.6 Å². The summed E-state index contributed by atoms with van der Waals surface area (Å²) in [5.41, 5.74) is 0. The Bertz CT molecular complexity index is 363. The van der Waals surface area contributed by atoms with E-state index in [0.717, 1.165) is 18.7 Å². The normalized spacial score (nSPS) is 12.3. The van der Waals surface area contributed by atoms with Crippen molar-refractivity contribution in [2.75, 3.05) is 20.1 Å². The molecule has 0 spiro atoms. The van der Waals surface area contributed by atoms with E-state index in [1.807, 2.05) is 12.1 Å².